The number of aromatic nitrogens is 3. The summed E-state index contributed by atoms with van der Waals surface area (Å²) in [5, 5.41) is 9.69. The van der Waals surface area contributed by atoms with Crippen molar-refractivity contribution in [2.75, 3.05) is 13.2 Å². The van der Waals surface area contributed by atoms with E-state index in [0.29, 0.717) is 5.69 Å². The van der Waals surface area contributed by atoms with Crippen LogP contribution in [0.4, 0.5) is 13.2 Å². The summed E-state index contributed by atoms with van der Waals surface area (Å²) in [5.41, 5.74) is 5.49. The van der Waals surface area contributed by atoms with E-state index in [-0.39, 0.29) is 25.5 Å². The minimum Gasteiger partial charge on any atom is -0.349 e. The van der Waals surface area contributed by atoms with Gasteiger partial charge in [-0.15, -0.1) is 18.3 Å². The number of hydrogen-bond donors (Lipinski definition) is 2. The molecule has 1 aromatic heterocycles. The number of hydrogen-bond acceptors (Lipinski definition) is 5. The summed E-state index contributed by atoms with van der Waals surface area (Å²) in [6, 6.07) is 0. The van der Waals surface area contributed by atoms with Gasteiger partial charge in [0.05, 0.1) is 32.4 Å². The SMILES string of the molecule is NCC(=O)NCc1cn(CCOC(F)(F)F)nn1. The van der Waals surface area contributed by atoms with E-state index in [0.717, 1.165) is 0 Å². The minimum atomic E-state index is -4.65. The van der Waals surface area contributed by atoms with E-state index < -0.39 is 13.0 Å². The Kier molecular flexibility index (Phi) is 5.04. The molecule has 10 heteroatoms. The summed E-state index contributed by atoms with van der Waals surface area (Å²) in [6.45, 7) is -0.664. The second-order valence-electron chi connectivity index (χ2n) is 3.25. The lowest BCUT2D eigenvalue weighted by molar-refractivity contribution is -0.325. The maximum atomic E-state index is 11.7. The fraction of sp³-hybridized carbons (Fsp3) is 0.625. The van der Waals surface area contributed by atoms with E-state index in [1.165, 1.54) is 10.9 Å². The van der Waals surface area contributed by atoms with Crippen molar-refractivity contribution in [3.8, 4) is 0 Å². The molecule has 0 unspecified atom stereocenters. The van der Waals surface area contributed by atoms with E-state index in [4.69, 9.17) is 5.73 Å². The summed E-state index contributed by atoms with van der Waals surface area (Å²) in [7, 11) is 0. The van der Waals surface area contributed by atoms with Gasteiger partial charge < -0.3 is 11.1 Å². The Hall–Kier alpha value is -1.68. The summed E-state index contributed by atoms with van der Waals surface area (Å²) >= 11 is 0. The van der Waals surface area contributed by atoms with Crippen molar-refractivity contribution >= 4 is 5.91 Å². The van der Waals surface area contributed by atoms with Crippen LogP contribution in [0, 0.1) is 0 Å². The van der Waals surface area contributed by atoms with Gasteiger partial charge in [-0.05, 0) is 0 Å². The largest absolute Gasteiger partial charge is 0.522 e. The van der Waals surface area contributed by atoms with Crippen molar-refractivity contribution in [1.82, 2.24) is 20.3 Å². The zero-order chi connectivity index (χ0) is 13.6. The summed E-state index contributed by atoms with van der Waals surface area (Å²) < 4.78 is 39.8. The molecule has 0 atom stereocenters. The van der Waals surface area contributed by atoms with Gasteiger partial charge >= 0.3 is 6.36 Å². The Morgan fingerprint density at radius 1 is 1.56 bits per heavy atom. The van der Waals surface area contributed by atoms with Crippen molar-refractivity contribution < 1.29 is 22.7 Å². The van der Waals surface area contributed by atoms with Crippen molar-refractivity contribution in [2.45, 2.75) is 19.5 Å². The lowest BCUT2D eigenvalue weighted by Gasteiger charge is -2.06. The Morgan fingerprint density at radius 3 is 2.89 bits per heavy atom. The molecule has 7 nitrogen and oxygen atoms in total. The molecule has 0 radical (unpaired) electrons. The summed E-state index contributed by atoms with van der Waals surface area (Å²) in [5.74, 6) is -0.357. The van der Waals surface area contributed by atoms with Crippen LogP contribution in [0.5, 0.6) is 0 Å². The summed E-state index contributed by atoms with van der Waals surface area (Å²) in [4.78, 5) is 10.8. The van der Waals surface area contributed by atoms with Crippen molar-refractivity contribution in [3.05, 3.63) is 11.9 Å². The van der Waals surface area contributed by atoms with Gasteiger partial charge in [0.2, 0.25) is 5.91 Å². The maximum Gasteiger partial charge on any atom is 0.522 e. The molecular formula is C8H12F3N5O2. The van der Waals surface area contributed by atoms with Gasteiger partial charge in [0.15, 0.2) is 0 Å². The number of carbonyl (C=O) groups is 1. The second-order valence-corrected chi connectivity index (χ2v) is 3.25. The highest BCUT2D eigenvalue weighted by Gasteiger charge is 2.28. The molecule has 1 rings (SSSR count). The van der Waals surface area contributed by atoms with Crippen molar-refractivity contribution in [1.29, 1.82) is 0 Å². The van der Waals surface area contributed by atoms with Crippen molar-refractivity contribution in [3.63, 3.8) is 0 Å². The van der Waals surface area contributed by atoms with E-state index in [2.05, 4.69) is 20.4 Å². The summed E-state index contributed by atoms with van der Waals surface area (Å²) in [6.07, 6.45) is -3.24. The molecule has 0 saturated heterocycles. The molecule has 0 bridgehead atoms. The highest BCUT2D eigenvalue weighted by molar-refractivity contribution is 5.77. The molecule has 0 aliphatic heterocycles. The predicted octanol–water partition coefficient (Wildman–Crippen LogP) is -0.611. The Balaban J connectivity index is 2.32. The predicted molar refractivity (Wildman–Crippen MR) is 52.9 cm³/mol. The quantitative estimate of drug-likeness (QED) is 0.717. The molecule has 0 aromatic carbocycles. The lowest BCUT2D eigenvalue weighted by atomic mass is 10.4. The average Bonchev–Trinajstić information content (AvgIpc) is 2.72. The monoisotopic (exact) mass is 267 g/mol. The number of rotatable bonds is 6. The van der Waals surface area contributed by atoms with Crippen LogP contribution in [0.25, 0.3) is 0 Å². The zero-order valence-electron chi connectivity index (χ0n) is 9.28. The molecule has 102 valence electrons. The fourth-order valence-electron chi connectivity index (χ4n) is 1.05. The number of carbonyl (C=O) groups excluding carboxylic acids is 1. The van der Waals surface area contributed by atoms with Gasteiger partial charge in [0, 0.05) is 0 Å². The van der Waals surface area contributed by atoms with E-state index in [9.17, 15) is 18.0 Å². The van der Waals surface area contributed by atoms with Gasteiger partial charge in [0.25, 0.3) is 0 Å². The third kappa shape index (κ3) is 5.59. The van der Waals surface area contributed by atoms with Crippen molar-refractivity contribution in [2.24, 2.45) is 5.73 Å². The molecule has 18 heavy (non-hydrogen) atoms. The van der Waals surface area contributed by atoms with E-state index in [1.807, 2.05) is 0 Å². The molecule has 0 aliphatic rings. The standard InChI is InChI=1S/C8H12F3N5O2/c9-8(10,11)18-2-1-16-5-6(14-15-16)4-13-7(17)3-12/h5H,1-4,12H2,(H,13,17). The molecule has 3 N–H and O–H groups in total. The van der Waals surface area contributed by atoms with Gasteiger partial charge in [-0.3, -0.25) is 9.53 Å². The van der Waals surface area contributed by atoms with Crippen LogP contribution in [0.15, 0.2) is 6.20 Å². The third-order valence-electron chi connectivity index (χ3n) is 1.82. The molecule has 1 aromatic rings. The first-order chi connectivity index (χ1) is 8.40. The van der Waals surface area contributed by atoms with Crippen LogP contribution >= 0.6 is 0 Å². The highest BCUT2D eigenvalue weighted by Crippen LogP contribution is 2.15. The van der Waals surface area contributed by atoms with Gasteiger partial charge in [-0.2, -0.15) is 0 Å². The number of amides is 1. The first-order valence-corrected chi connectivity index (χ1v) is 4.97. The fourth-order valence-corrected chi connectivity index (χ4v) is 1.05. The normalized spacial score (nSPS) is 11.6. The Bertz CT molecular complexity index is 392. The average molecular weight is 267 g/mol. The number of nitrogens with two attached hydrogens (primary N) is 1. The van der Waals surface area contributed by atoms with Crippen LogP contribution in [-0.4, -0.2) is 40.4 Å². The molecule has 0 fully saturated rings. The third-order valence-corrected chi connectivity index (χ3v) is 1.82. The molecular weight excluding hydrogens is 255 g/mol. The Morgan fingerprint density at radius 2 is 2.28 bits per heavy atom. The van der Waals surface area contributed by atoms with Gasteiger partial charge in [-0.25, -0.2) is 4.68 Å². The van der Waals surface area contributed by atoms with Gasteiger partial charge in [0.1, 0.15) is 5.69 Å². The van der Waals surface area contributed by atoms with Crippen LogP contribution < -0.4 is 11.1 Å². The Labute approximate surface area is 100 Å². The first-order valence-electron chi connectivity index (χ1n) is 4.97. The van der Waals surface area contributed by atoms with E-state index in [1.54, 1.807) is 0 Å². The smallest absolute Gasteiger partial charge is 0.349 e. The lowest BCUT2D eigenvalue weighted by Crippen LogP contribution is -2.29. The van der Waals surface area contributed by atoms with Crippen LogP contribution in [-0.2, 0) is 22.6 Å². The highest BCUT2D eigenvalue weighted by atomic mass is 19.4. The first kappa shape index (κ1) is 14.4. The molecule has 1 amide bonds. The van der Waals surface area contributed by atoms with Crippen LogP contribution in [0.2, 0.25) is 0 Å². The number of nitrogens with zero attached hydrogens (tertiary/aromatic N) is 3. The molecule has 0 aliphatic carbocycles. The van der Waals surface area contributed by atoms with Crippen LogP contribution in [0.3, 0.4) is 0 Å². The number of ether oxygens (including phenoxy) is 1. The topological polar surface area (TPSA) is 95.1 Å². The minimum absolute atomic E-state index is 0.0860. The zero-order valence-corrected chi connectivity index (χ0v) is 9.28. The van der Waals surface area contributed by atoms with Gasteiger partial charge in [-0.1, -0.05) is 5.21 Å². The number of alkyl halides is 3. The maximum absolute atomic E-state index is 11.7. The molecule has 1 heterocycles. The van der Waals surface area contributed by atoms with Crippen LogP contribution in [0.1, 0.15) is 5.69 Å². The second kappa shape index (κ2) is 6.31. The number of nitrogens with one attached hydrogen (secondary N) is 1. The van der Waals surface area contributed by atoms with E-state index >= 15 is 0 Å². The molecule has 0 spiro atoms. The number of halogens is 3. The molecule has 0 saturated carbocycles.